The minimum absolute atomic E-state index is 0. The third-order valence-electron chi connectivity index (χ3n) is 4.11. The first-order chi connectivity index (χ1) is 13.3. The first kappa shape index (κ1) is 25.3. The van der Waals surface area contributed by atoms with Crippen LogP contribution in [-0.2, 0) is 28.9 Å². The second kappa shape index (κ2) is 12.1. The Balaban J connectivity index is 0.00000420. The van der Waals surface area contributed by atoms with Crippen LogP contribution in [0.3, 0.4) is 0 Å². The lowest BCUT2D eigenvalue weighted by Gasteiger charge is -2.12. The molecular formula is C20H28FIN4O2S. The molecule has 0 aliphatic carbocycles. The highest BCUT2D eigenvalue weighted by atomic mass is 127. The van der Waals surface area contributed by atoms with Crippen LogP contribution in [0.2, 0.25) is 0 Å². The van der Waals surface area contributed by atoms with Crippen molar-refractivity contribution in [2.24, 2.45) is 4.99 Å². The molecule has 0 spiro atoms. The summed E-state index contributed by atoms with van der Waals surface area (Å²) in [7, 11) is -1.91. The SMILES string of the molecule is CCNC(=NCc1cccc(CS(=O)(=O)NC)c1)NCc1ccc(F)c(C)c1.I. The lowest BCUT2D eigenvalue weighted by molar-refractivity contribution is 0.587. The van der Waals surface area contributed by atoms with Crippen molar-refractivity contribution in [1.29, 1.82) is 0 Å². The van der Waals surface area contributed by atoms with Gasteiger partial charge in [0.2, 0.25) is 10.0 Å². The van der Waals surface area contributed by atoms with Crippen LogP contribution in [0.15, 0.2) is 47.5 Å². The fraction of sp³-hybridized carbons (Fsp3) is 0.350. The van der Waals surface area contributed by atoms with E-state index < -0.39 is 10.0 Å². The molecular weight excluding hydrogens is 506 g/mol. The van der Waals surface area contributed by atoms with Gasteiger partial charge in [0, 0.05) is 13.1 Å². The average Bonchev–Trinajstić information content (AvgIpc) is 2.66. The maximum atomic E-state index is 13.4. The molecule has 29 heavy (non-hydrogen) atoms. The largest absolute Gasteiger partial charge is 0.357 e. The predicted molar refractivity (Wildman–Crippen MR) is 126 cm³/mol. The molecule has 3 N–H and O–H groups in total. The number of hydrogen-bond donors (Lipinski definition) is 3. The molecule has 0 heterocycles. The van der Waals surface area contributed by atoms with Gasteiger partial charge in [-0.1, -0.05) is 36.4 Å². The molecule has 0 bridgehead atoms. The molecule has 0 radical (unpaired) electrons. The highest BCUT2D eigenvalue weighted by Crippen LogP contribution is 2.10. The van der Waals surface area contributed by atoms with Crippen molar-refractivity contribution >= 4 is 40.0 Å². The molecule has 0 unspecified atom stereocenters. The zero-order valence-corrected chi connectivity index (χ0v) is 20.0. The fourth-order valence-corrected chi connectivity index (χ4v) is 3.39. The molecule has 2 rings (SSSR count). The van der Waals surface area contributed by atoms with Gasteiger partial charge in [-0.15, -0.1) is 24.0 Å². The molecule has 2 aromatic rings. The third-order valence-corrected chi connectivity index (χ3v) is 5.44. The number of rotatable bonds is 8. The van der Waals surface area contributed by atoms with Crippen LogP contribution in [0, 0.1) is 12.7 Å². The van der Waals surface area contributed by atoms with Crippen molar-refractivity contribution in [3.05, 3.63) is 70.5 Å². The van der Waals surface area contributed by atoms with Gasteiger partial charge in [-0.05, 0) is 49.2 Å². The van der Waals surface area contributed by atoms with E-state index in [1.807, 2.05) is 25.1 Å². The maximum Gasteiger partial charge on any atom is 0.215 e. The standard InChI is InChI=1S/C20H27FN4O2S.HI/c1-4-23-20(25-13-17-8-9-19(21)15(2)10-17)24-12-16-6-5-7-18(11-16)14-28(26,27)22-3;/h5-11,22H,4,12-14H2,1-3H3,(H2,23,24,25);1H. The summed E-state index contributed by atoms with van der Waals surface area (Å²) in [6.07, 6.45) is 0. The highest BCUT2D eigenvalue weighted by molar-refractivity contribution is 14.0. The number of hydrogen-bond acceptors (Lipinski definition) is 3. The Labute approximate surface area is 189 Å². The van der Waals surface area contributed by atoms with Crippen molar-refractivity contribution in [1.82, 2.24) is 15.4 Å². The number of nitrogens with zero attached hydrogens (tertiary/aromatic N) is 1. The minimum atomic E-state index is -3.31. The number of benzene rings is 2. The van der Waals surface area contributed by atoms with E-state index in [0.29, 0.717) is 36.7 Å². The number of nitrogens with one attached hydrogen (secondary N) is 3. The van der Waals surface area contributed by atoms with Crippen molar-refractivity contribution < 1.29 is 12.8 Å². The topological polar surface area (TPSA) is 82.6 Å². The summed E-state index contributed by atoms with van der Waals surface area (Å²) < 4.78 is 39.1. The van der Waals surface area contributed by atoms with Crippen molar-refractivity contribution in [3.63, 3.8) is 0 Å². The second-order valence-electron chi connectivity index (χ2n) is 6.42. The first-order valence-electron chi connectivity index (χ1n) is 9.09. The Morgan fingerprint density at radius 3 is 2.45 bits per heavy atom. The van der Waals surface area contributed by atoms with Crippen LogP contribution in [0.5, 0.6) is 0 Å². The molecule has 0 fully saturated rings. The zero-order chi connectivity index (χ0) is 20.6. The Morgan fingerprint density at radius 2 is 1.79 bits per heavy atom. The van der Waals surface area contributed by atoms with Crippen LogP contribution in [0.25, 0.3) is 0 Å². The number of halogens is 2. The number of sulfonamides is 1. The number of guanidine groups is 1. The molecule has 0 atom stereocenters. The molecule has 0 aromatic heterocycles. The molecule has 0 aliphatic heterocycles. The van der Waals surface area contributed by atoms with E-state index in [4.69, 9.17) is 0 Å². The smallest absolute Gasteiger partial charge is 0.215 e. The van der Waals surface area contributed by atoms with E-state index >= 15 is 0 Å². The van der Waals surface area contributed by atoms with Gasteiger partial charge in [0.05, 0.1) is 12.3 Å². The highest BCUT2D eigenvalue weighted by Gasteiger charge is 2.09. The Morgan fingerprint density at radius 1 is 1.07 bits per heavy atom. The van der Waals surface area contributed by atoms with Crippen LogP contribution < -0.4 is 15.4 Å². The third kappa shape index (κ3) is 8.67. The average molecular weight is 534 g/mol. The summed E-state index contributed by atoms with van der Waals surface area (Å²) in [5, 5.41) is 6.40. The molecule has 0 amide bonds. The van der Waals surface area contributed by atoms with Gasteiger partial charge < -0.3 is 10.6 Å². The van der Waals surface area contributed by atoms with Gasteiger partial charge in [-0.2, -0.15) is 0 Å². The van der Waals surface area contributed by atoms with E-state index in [2.05, 4.69) is 20.3 Å². The molecule has 160 valence electrons. The summed E-state index contributed by atoms with van der Waals surface area (Å²) in [6, 6.07) is 12.4. The minimum Gasteiger partial charge on any atom is -0.357 e. The number of aliphatic imine (C=N–C) groups is 1. The van der Waals surface area contributed by atoms with E-state index in [-0.39, 0.29) is 35.5 Å². The molecule has 0 saturated heterocycles. The van der Waals surface area contributed by atoms with E-state index in [0.717, 1.165) is 11.1 Å². The maximum absolute atomic E-state index is 13.4. The van der Waals surface area contributed by atoms with Crippen LogP contribution in [0.1, 0.15) is 29.2 Å². The molecule has 0 saturated carbocycles. The van der Waals surface area contributed by atoms with Gasteiger partial charge in [0.1, 0.15) is 5.82 Å². The summed E-state index contributed by atoms with van der Waals surface area (Å²) in [6.45, 7) is 5.34. The van der Waals surface area contributed by atoms with Crippen LogP contribution in [-0.4, -0.2) is 28.0 Å². The Kier molecular flexibility index (Phi) is 10.5. The Hall–Kier alpha value is -1.72. The van der Waals surface area contributed by atoms with Gasteiger partial charge >= 0.3 is 0 Å². The fourth-order valence-electron chi connectivity index (χ4n) is 2.62. The predicted octanol–water partition coefficient (Wildman–Crippen LogP) is 3.06. The van der Waals surface area contributed by atoms with E-state index in [1.165, 1.54) is 13.1 Å². The molecule has 9 heteroatoms. The van der Waals surface area contributed by atoms with Crippen LogP contribution >= 0.6 is 24.0 Å². The van der Waals surface area contributed by atoms with Crippen LogP contribution in [0.4, 0.5) is 4.39 Å². The monoisotopic (exact) mass is 534 g/mol. The van der Waals surface area contributed by atoms with Crippen molar-refractivity contribution in [2.45, 2.75) is 32.7 Å². The summed E-state index contributed by atoms with van der Waals surface area (Å²) in [5.41, 5.74) is 3.19. The van der Waals surface area contributed by atoms with Gasteiger partial charge in [0.25, 0.3) is 0 Å². The lowest BCUT2D eigenvalue weighted by Crippen LogP contribution is -2.36. The van der Waals surface area contributed by atoms with Gasteiger partial charge in [0.15, 0.2) is 5.96 Å². The summed E-state index contributed by atoms with van der Waals surface area (Å²) in [4.78, 5) is 4.55. The van der Waals surface area contributed by atoms with Crippen molar-refractivity contribution in [3.8, 4) is 0 Å². The van der Waals surface area contributed by atoms with E-state index in [1.54, 1.807) is 25.1 Å². The van der Waals surface area contributed by atoms with E-state index in [9.17, 15) is 12.8 Å². The normalized spacial score (nSPS) is 11.7. The van der Waals surface area contributed by atoms with Gasteiger partial charge in [-0.25, -0.2) is 22.5 Å². The first-order valence-corrected chi connectivity index (χ1v) is 10.7. The summed E-state index contributed by atoms with van der Waals surface area (Å²) in [5.74, 6) is 0.353. The molecule has 2 aromatic carbocycles. The van der Waals surface area contributed by atoms with Crippen molar-refractivity contribution in [2.75, 3.05) is 13.6 Å². The second-order valence-corrected chi connectivity index (χ2v) is 8.34. The molecule has 6 nitrogen and oxygen atoms in total. The van der Waals surface area contributed by atoms with Gasteiger partial charge in [-0.3, -0.25) is 0 Å². The lowest BCUT2D eigenvalue weighted by atomic mass is 10.1. The summed E-state index contributed by atoms with van der Waals surface area (Å²) >= 11 is 0. The number of aryl methyl sites for hydroxylation is 1. The Bertz CT molecular complexity index is 936. The quantitative estimate of drug-likeness (QED) is 0.276. The molecule has 0 aliphatic rings. The zero-order valence-electron chi connectivity index (χ0n) is 16.8.